The molecular weight excluding hydrogens is 198 g/mol. The second-order valence-electron chi connectivity index (χ2n) is 6.75. The highest BCUT2D eigenvalue weighted by atomic mass is 16.5. The lowest BCUT2D eigenvalue weighted by Gasteiger charge is -2.39. The zero-order chi connectivity index (χ0) is 12.2. The minimum absolute atomic E-state index is 0.0110. The van der Waals surface area contributed by atoms with Crippen molar-refractivity contribution in [3.05, 3.63) is 0 Å². The second kappa shape index (κ2) is 5.50. The van der Waals surface area contributed by atoms with Gasteiger partial charge in [-0.3, -0.25) is 0 Å². The third-order valence-electron chi connectivity index (χ3n) is 3.68. The lowest BCUT2D eigenvalue weighted by molar-refractivity contribution is -0.0806. The molecule has 0 spiro atoms. The van der Waals surface area contributed by atoms with Crippen LogP contribution < -0.4 is 5.73 Å². The normalized spacial score (nSPS) is 31.7. The number of hydrogen-bond acceptors (Lipinski definition) is 2. The molecule has 1 rings (SSSR count). The first kappa shape index (κ1) is 14.0. The number of ether oxygens (including phenoxy) is 1. The summed E-state index contributed by atoms with van der Waals surface area (Å²) in [5.74, 6) is 0.770. The Morgan fingerprint density at radius 1 is 1.38 bits per heavy atom. The molecule has 0 amide bonds. The van der Waals surface area contributed by atoms with Crippen molar-refractivity contribution in [3.63, 3.8) is 0 Å². The summed E-state index contributed by atoms with van der Waals surface area (Å²) in [5, 5.41) is 0. The minimum atomic E-state index is -0.0110. The Hall–Kier alpha value is -0.0800. The van der Waals surface area contributed by atoms with Crippen LogP contribution in [-0.4, -0.2) is 18.8 Å². The molecule has 2 atom stereocenters. The standard InChI is InChI=1S/C14H29NO/c1-12-6-5-7-14(10-12,11-15)16-9-8-13(2,3)4/h12H,5-11,15H2,1-4H3. The van der Waals surface area contributed by atoms with E-state index in [1.165, 1.54) is 12.8 Å². The van der Waals surface area contributed by atoms with Crippen molar-refractivity contribution in [3.8, 4) is 0 Å². The maximum absolute atomic E-state index is 6.14. The molecule has 96 valence electrons. The Balaban J connectivity index is 2.41. The number of rotatable bonds is 4. The molecule has 0 bridgehead atoms. The zero-order valence-corrected chi connectivity index (χ0v) is 11.5. The van der Waals surface area contributed by atoms with E-state index in [4.69, 9.17) is 10.5 Å². The minimum Gasteiger partial charge on any atom is -0.374 e. The summed E-state index contributed by atoms with van der Waals surface area (Å²) in [6.45, 7) is 10.6. The molecule has 1 fully saturated rings. The maximum Gasteiger partial charge on any atom is 0.0806 e. The molecule has 0 aromatic carbocycles. The first-order valence-electron chi connectivity index (χ1n) is 6.71. The van der Waals surface area contributed by atoms with Crippen molar-refractivity contribution >= 4 is 0 Å². The summed E-state index contributed by atoms with van der Waals surface area (Å²) in [5.41, 5.74) is 6.27. The van der Waals surface area contributed by atoms with Gasteiger partial charge in [0.05, 0.1) is 5.60 Å². The van der Waals surface area contributed by atoms with E-state index in [1.807, 2.05) is 0 Å². The van der Waals surface area contributed by atoms with Gasteiger partial charge in [0.25, 0.3) is 0 Å². The Morgan fingerprint density at radius 2 is 2.06 bits per heavy atom. The van der Waals surface area contributed by atoms with Crippen LogP contribution in [0.4, 0.5) is 0 Å². The van der Waals surface area contributed by atoms with Crippen molar-refractivity contribution in [1.82, 2.24) is 0 Å². The fourth-order valence-electron chi connectivity index (χ4n) is 2.56. The van der Waals surface area contributed by atoms with Crippen LogP contribution in [0.1, 0.15) is 59.8 Å². The fraction of sp³-hybridized carbons (Fsp3) is 1.00. The Kier molecular flexibility index (Phi) is 4.81. The molecule has 2 nitrogen and oxygen atoms in total. The summed E-state index contributed by atoms with van der Waals surface area (Å²) in [7, 11) is 0. The van der Waals surface area contributed by atoms with E-state index in [9.17, 15) is 0 Å². The maximum atomic E-state index is 6.14. The van der Waals surface area contributed by atoms with Crippen molar-refractivity contribution in [2.45, 2.75) is 65.4 Å². The number of nitrogens with two attached hydrogens (primary N) is 1. The summed E-state index contributed by atoms with van der Waals surface area (Å²) in [4.78, 5) is 0. The van der Waals surface area contributed by atoms with Crippen molar-refractivity contribution in [2.24, 2.45) is 17.1 Å². The van der Waals surface area contributed by atoms with Crippen LogP contribution in [0.5, 0.6) is 0 Å². The van der Waals surface area contributed by atoms with Crippen LogP contribution >= 0.6 is 0 Å². The van der Waals surface area contributed by atoms with Gasteiger partial charge in [0, 0.05) is 13.2 Å². The number of hydrogen-bond donors (Lipinski definition) is 1. The highest BCUT2D eigenvalue weighted by Gasteiger charge is 2.34. The van der Waals surface area contributed by atoms with E-state index < -0.39 is 0 Å². The Bertz CT molecular complexity index is 209. The van der Waals surface area contributed by atoms with Crippen molar-refractivity contribution < 1.29 is 4.74 Å². The van der Waals surface area contributed by atoms with Gasteiger partial charge >= 0.3 is 0 Å². The molecule has 2 heteroatoms. The lowest BCUT2D eigenvalue weighted by atomic mass is 9.78. The molecule has 0 saturated heterocycles. The highest BCUT2D eigenvalue weighted by molar-refractivity contribution is 4.88. The van der Waals surface area contributed by atoms with Gasteiger partial charge < -0.3 is 10.5 Å². The third kappa shape index (κ3) is 4.42. The third-order valence-corrected chi connectivity index (χ3v) is 3.68. The Labute approximate surface area is 101 Å². The van der Waals surface area contributed by atoms with Crippen molar-refractivity contribution in [2.75, 3.05) is 13.2 Å². The van der Waals surface area contributed by atoms with Gasteiger partial charge in [-0.1, -0.05) is 40.5 Å². The van der Waals surface area contributed by atoms with E-state index in [2.05, 4.69) is 27.7 Å². The van der Waals surface area contributed by atoms with Gasteiger partial charge in [-0.25, -0.2) is 0 Å². The van der Waals surface area contributed by atoms with Gasteiger partial charge in [-0.05, 0) is 30.6 Å². The molecule has 2 unspecified atom stereocenters. The molecule has 2 N–H and O–H groups in total. The van der Waals surface area contributed by atoms with Crippen LogP contribution in [0.3, 0.4) is 0 Å². The summed E-state index contributed by atoms with van der Waals surface area (Å²) < 4.78 is 6.14. The Morgan fingerprint density at radius 3 is 2.56 bits per heavy atom. The topological polar surface area (TPSA) is 35.2 Å². The van der Waals surface area contributed by atoms with Crippen LogP contribution in [-0.2, 0) is 4.74 Å². The summed E-state index contributed by atoms with van der Waals surface area (Å²) in [6, 6.07) is 0. The van der Waals surface area contributed by atoms with Gasteiger partial charge in [0.1, 0.15) is 0 Å². The summed E-state index contributed by atoms with van der Waals surface area (Å²) >= 11 is 0. The van der Waals surface area contributed by atoms with E-state index in [0.29, 0.717) is 12.0 Å². The molecule has 0 aliphatic heterocycles. The zero-order valence-electron chi connectivity index (χ0n) is 11.5. The van der Waals surface area contributed by atoms with Crippen LogP contribution in [0.2, 0.25) is 0 Å². The van der Waals surface area contributed by atoms with Gasteiger partial charge in [-0.15, -0.1) is 0 Å². The van der Waals surface area contributed by atoms with Crippen LogP contribution in [0, 0.1) is 11.3 Å². The largest absolute Gasteiger partial charge is 0.374 e. The predicted octanol–water partition coefficient (Wildman–Crippen LogP) is 3.35. The molecule has 16 heavy (non-hydrogen) atoms. The van der Waals surface area contributed by atoms with Crippen LogP contribution in [0.25, 0.3) is 0 Å². The van der Waals surface area contributed by atoms with Crippen molar-refractivity contribution in [1.29, 1.82) is 0 Å². The molecule has 0 aromatic heterocycles. The molecule has 0 heterocycles. The molecule has 0 aromatic rings. The molecule has 0 radical (unpaired) electrons. The highest BCUT2D eigenvalue weighted by Crippen LogP contribution is 2.35. The quantitative estimate of drug-likeness (QED) is 0.799. The summed E-state index contributed by atoms with van der Waals surface area (Å²) in [6.07, 6.45) is 6.02. The SMILES string of the molecule is CC1CCCC(CN)(OCCC(C)(C)C)C1. The van der Waals surface area contributed by atoms with E-state index in [0.717, 1.165) is 31.8 Å². The average Bonchev–Trinajstić information content (AvgIpc) is 2.16. The van der Waals surface area contributed by atoms with Gasteiger partial charge in [-0.2, -0.15) is 0 Å². The van der Waals surface area contributed by atoms with Gasteiger partial charge in [0.15, 0.2) is 0 Å². The first-order chi connectivity index (χ1) is 7.37. The van der Waals surface area contributed by atoms with Crippen LogP contribution in [0.15, 0.2) is 0 Å². The average molecular weight is 227 g/mol. The second-order valence-corrected chi connectivity index (χ2v) is 6.75. The molecule has 1 aliphatic rings. The molecular formula is C14H29NO. The smallest absolute Gasteiger partial charge is 0.0806 e. The lowest BCUT2D eigenvalue weighted by Crippen LogP contribution is -2.45. The fourth-order valence-corrected chi connectivity index (χ4v) is 2.56. The van der Waals surface area contributed by atoms with Gasteiger partial charge in [0.2, 0.25) is 0 Å². The van der Waals surface area contributed by atoms with E-state index in [-0.39, 0.29) is 5.60 Å². The molecule has 1 aliphatic carbocycles. The molecule has 1 saturated carbocycles. The predicted molar refractivity (Wildman–Crippen MR) is 69.4 cm³/mol. The van der Waals surface area contributed by atoms with E-state index >= 15 is 0 Å². The monoisotopic (exact) mass is 227 g/mol. The van der Waals surface area contributed by atoms with E-state index in [1.54, 1.807) is 0 Å². The first-order valence-corrected chi connectivity index (χ1v) is 6.71.